The summed E-state index contributed by atoms with van der Waals surface area (Å²) in [5, 5.41) is 15.1. The molecule has 8 nitrogen and oxygen atoms in total. The molecule has 36 heavy (non-hydrogen) atoms. The third-order valence-electron chi connectivity index (χ3n) is 6.02. The fraction of sp³-hybridized carbons (Fsp3) is 0.269. The molecule has 0 bridgehead atoms. The van der Waals surface area contributed by atoms with Crippen LogP contribution in [0.5, 0.6) is 5.75 Å². The van der Waals surface area contributed by atoms with Crippen LogP contribution in [0.3, 0.4) is 0 Å². The van der Waals surface area contributed by atoms with Crippen LogP contribution in [-0.4, -0.2) is 50.9 Å². The van der Waals surface area contributed by atoms with E-state index in [1.807, 2.05) is 4.90 Å². The second-order valence-corrected chi connectivity index (χ2v) is 9.66. The number of ether oxygens (including phenoxy) is 1. The van der Waals surface area contributed by atoms with Gasteiger partial charge in [-0.15, -0.1) is 0 Å². The molecule has 0 unspecified atom stereocenters. The van der Waals surface area contributed by atoms with Crippen LogP contribution in [0, 0.1) is 11.2 Å². The van der Waals surface area contributed by atoms with Crippen LogP contribution in [-0.2, 0) is 16.2 Å². The Morgan fingerprint density at radius 2 is 1.81 bits per heavy atom. The van der Waals surface area contributed by atoms with E-state index in [9.17, 15) is 14.0 Å². The summed E-state index contributed by atoms with van der Waals surface area (Å²) < 4.78 is 18.8. The number of carbonyl (C=O) groups excluding carboxylic acids is 2. The van der Waals surface area contributed by atoms with Gasteiger partial charge in [-0.25, -0.2) is 4.39 Å². The molecule has 0 radical (unpaired) electrons. The van der Waals surface area contributed by atoms with Crippen molar-refractivity contribution in [1.29, 1.82) is 5.41 Å². The molecule has 2 aromatic rings. The molecule has 0 atom stereocenters. The summed E-state index contributed by atoms with van der Waals surface area (Å²) in [5.74, 6) is -0.258. The van der Waals surface area contributed by atoms with Gasteiger partial charge in [-0.2, -0.15) is 15.1 Å². The van der Waals surface area contributed by atoms with Gasteiger partial charge in [0.25, 0.3) is 5.91 Å². The highest BCUT2D eigenvalue weighted by Crippen LogP contribution is 2.30. The Kier molecular flexibility index (Phi) is 6.95. The van der Waals surface area contributed by atoms with Crippen LogP contribution in [0.25, 0.3) is 6.08 Å². The van der Waals surface area contributed by atoms with Gasteiger partial charge >= 0.3 is 0 Å². The summed E-state index contributed by atoms with van der Waals surface area (Å²) >= 11 is 1.16. The highest BCUT2D eigenvalue weighted by Gasteiger charge is 2.36. The molecule has 3 aliphatic heterocycles. The number of rotatable bonds is 6. The summed E-state index contributed by atoms with van der Waals surface area (Å²) in [6.45, 7) is 1.83. The molecule has 0 saturated carbocycles. The van der Waals surface area contributed by atoms with Crippen LogP contribution in [0.4, 0.5) is 4.39 Å². The second-order valence-electron chi connectivity index (χ2n) is 8.62. The van der Waals surface area contributed by atoms with Crippen LogP contribution >= 0.6 is 11.8 Å². The molecular formula is C26H24FN5O3S. The highest BCUT2D eigenvalue weighted by molar-refractivity contribution is 8.27. The van der Waals surface area contributed by atoms with E-state index in [0.717, 1.165) is 49.7 Å². The number of likely N-dealkylation sites (tertiary alicyclic amines) is 1. The fourth-order valence-electron chi connectivity index (χ4n) is 4.06. The molecule has 1 fully saturated rings. The SMILES string of the molecule is N=C1C(=Cc2ccc(OCc3ccc(F)cc3)cc2)C(=O)N=C2SC(CC(=O)N3CCCCC3)=NN12. The van der Waals surface area contributed by atoms with Gasteiger partial charge in [-0.05, 0) is 72.5 Å². The van der Waals surface area contributed by atoms with Gasteiger partial charge in [0, 0.05) is 13.1 Å². The molecule has 2 aromatic carbocycles. The third kappa shape index (κ3) is 5.38. The van der Waals surface area contributed by atoms with Crippen molar-refractivity contribution < 1.29 is 18.7 Å². The maximum atomic E-state index is 13.0. The topological polar surface area (TPSA) is 98.4 Å². The Morgan fingerprint density at radius 1 is 1.08 bits per heavy atom. The van der Waals surface area contributed by atoms with Crippen molar-refractivity contribution in [2.75, 3.05) is 13.1 Å². The molecule has 3 aliphatic rings. The number of aliphatic imine (C=N–C) groups is 1. The average Bonchev–Trinajstić information content (AvgIpc) is 3.29. The van der Waals surface area contributed by atoms with Crippen molar-refractivity contribution in [3.05, 3.63) is 71.0 Å². The van der Waals surface area contributed by atoms with E-state index < -0.39 is 5.91 Å². The first-order valence-corrected chi connectivity index (χ1v) is 12.5. The van der Waals surface area contributed by atoms with E-state index >= 15 is 0 Å². The van der Waals surface area contributed by atoms with E-state index in [4.69, 9.17) is 10.1 Å². The first kappa shape index (κ1) is 23.9. The standard InChI is InChI=1S/C26H24FN5O3S/c27-19-8-4-18(5-9-19)16-35-20-10-6-17(7-11-20)14-21-24(28)32-26(29-25(21)34)36-22(30-32)15-23(33)31-12-2-1-3-13-31/h4-11,14,28H,1-3,12-13,15-16H2. The number of nitrogens with zero attached hydrogens (tertiary/aromatic N) is 4. The maximum absolute atomic E-state index is 13.0. The molecule has 1 saturated heterocycles. The van der Waals surface area contributed by atoms with Crippen LogP contribution < -0.4 is 4.74 Å². The van der Waals surface area contributed by atoms with Gasteiger partial charge in [0.05, 0.1) is 12.0 Å². The van der Waals surface area contributed by atoms with Crippen molar-refractivity contribution in [2.24, 2.45) is 10.1 Å². The summed E-state index contributed by atoms with van der Waals surface area (Å²) in [6, 6.07) is 13.2. The normalized spacial score (nSPS) is 18.8. The summed E-state index contributed by atoms with van der Waals surface area (Å²) in [4.78, 5) is 31.2. The number of thioether (sulfide) groups is 1. The number of carbonyl (C=O) groups is 2. The van der Waals surface area contributed by atoms with Crippen molar-refractivity contribution in [3.8, 4) is 5.75 Å². The number of amides is 2. The van der Waals surface area contributed by atoms with Crippen molar-refractivity contribution in [3.63, 3.8) is 0 Å². The number of hydrogen-bond acceptors (Lipinski definition) is 6. The number of nitrogens with one attached hydrogen (secondary N) is 1. The lowest BCUT2D eigenvalue weighted by molar-refractivity contribution is -0.130. The van der Waals surface area contributed by atoms with E-state index in [2.05, 4.69) is 10.1 Å². The lowest BCUT2D eigenvalue weighted by Gasteiger charge is -2.26. The van der Waals surface area contributed by atoms with Gasteiger partial charge in [0.2, 0.25) is 11.1 Å². The minimum Gasteiger partial charge on any atom is -0.489 e. The van der Waals surface area contributed by atoms with E-state index in [-0.39, 0.29) is 29.6 Å². The zero-order valence-corrected chi connectivity index (χ0v) is 20.3. The minimum atomic E-state index is -0.519. The predicted molar refractivity (Wildman–Crippen MR) is 137 cm³/mol. The average molecular weight is 506 g/mol. The fourth-order valence-corrected chi connectivity index (χ4v) is 4.94. The van der Waals surface area contributed by atoms with Crippen LogP contribution in [0.2, 0.25) is 0 Å². The number of halogens is 1. The van der Waals surface area contributed by atoms with Gasteiger partial charge in [-0.1, -0.05) is 24.3 Å². The van der Waals surface area contributed by atoms with Crippen LogP contribution in [0.1, 0.15) is 36.8 Å². The Balaban J connectivity index is 1.24. The van der Waals surface area contributed by atoms with Crippen molar-refractivity contribution in [1.82, 2.24) is 9.91 Å². The summed E-state index contributed by atoms with van der Waals surface area (Å²) in [7, 11) is 0. The summed E-state index contributed by atoms with van der Waals surface area (Å²) in [6.07, 6.45) is 4.90. The zero-order valence-electron chi connectivity index (χ0n) is 19.4. The molecule has 0 aliphatic carbocycles. The van der Waals surface area contributed by atoms with Gasteiger partial charge in [-0.3, -0.25) is 15.0 Å². The van der Waals surface area contributed by atoms with Crippen molar-refractivity contribution >= 4 is 45.7 Å². The van der Waals surface area contributed by atoms with Gasteiger partial charge < -0.3 is 9.64 Å². The molecule has 2 amide bonds. The number of hydrogen-bond donors (Lipinski definition) is 1. The van der Waals surface area contributed by atoms with Gasteiger partial charge in [0.1, 0.15) is 23.2 Å². The lowest BCUT2D eigenvalue weighted by atomic mass is 10.1. The summed E-state index contributed by atoms with van der Waals surface area (Å²) in [5.41, 5.74) is 1.66. The number of benzene rings is 2. The molecule has 1 N–H and O–H groups in total. The van der Waals surface area contributed by atoms with E-state index in [0.29, 0.717) is 28.1 Å². The van der Waals surface area contributed by atoms with E-state index in [1.165, 1.54) is 17.1 Å². The Hall–Kier alpha value is -3.79. The smallest absolute Gasteiger partial charge is 0.283 e. The quantitative estimate of drug-likeness (QED) is 0.586. The van der Waals surface area contributed by atoms with Crippen LogP contribution in [0.15, 0.2) is 64.2 Å². The number of hydrazone groups is 1. The second kappa shape index (κ2) is 10.4. The highest BCUT2D eigenvalue weighted by atomic mass is 32.2. The van der Waals surface area contributed by atoms with E-state index in [1.54, 1.807) is 42.5 Å². The number of piperidine rings is 1. The largest absolute Gasteiger partial charge is 0.489 e. The minimum absolute atomic E-state index is 0.0109. The molecule has 10 heteroatoms. The Labute approximate surface area is 212 Å². The van der Waals surface area contributed by atoms with Gasteiger partial charge in [0.15, 0.2) is 5.84 Å². The molecule has 5 rings (SSSR count). The Bertz CT molecular complexity index is 1280. The lowest BCUT2D eigenvalue weighted by Crippen LogP contribution is -2.36. The third-order valence-corrected chi connectivity index (χ3v) is 6.93. The molecular weight excluding hydrogens is 481 g/mol. The zero-order chi connectivity index (χ0) is 25.1. The molecule has 3 heterocycles. The Morgan fingerprint density at radius 3 is 2.53 bits per heavy atom. The first-order valence-electron chi connectivity index (χ1n) is 11.7. The molecule has 0 aromatic heterocycles. The molecule has 0 spiro atoms. The maximum Gasteiger partial charge on any atom is 0.283 e. The first-order chi connectivity index (χ1) is 17.5. The number of amidine groups is 2. The predicted octanol–water partition coefficient (Wildman–Crippen LogP) is 4.43. The number of fused-ring (bicyclic) bond motifs is 1. The molecule has 184 valence electrons. The van der Waals surface area contributed by atoms with Crippen molar-refractivity contribution in [2.45, 2.75) is 32.3 Å². The monoisotopic (exact) mass is 505 g/mol.